The fourth-order valence-corrected chi connectivity index (χ4v) is 1.42. The van der Waals surface area contributed by atoms with Crippen molar-refractivity contribution in [2.45, 2.75) is 0 Å². The number of amides is 1. The van der Waals surface area contributed by atoms with E-state index >= 15 is 0 Å². The summed E-state index contributed by atoms with van der Waals surface area (Å²) in [5, 5.41) is 2.73. The number of halogens is 1. The van der Waals surface area contributed by atoms with Crippen LogP contribution in [0.4, 0.5) is 11.8 Å². The lowest BCUT2D eigenvalue weighted by Gasteiger charge is -2.05. The number of hydrogen-bond acceptors (Lipinski definition) is 5. The van der Waals surface area contributed by atoms with Crippen molar-refractivity contribution >= 4 is 29.3 Å². The molecule has 0 aliphatic heterocycles. The zero-order chi connectivity index (χ0) is 12.3. The summed E-state index contributed by atoms with van der Waals surface area (Å²) in [5.41, 5.74) is 2.65. The summed E-state index contributed by atoms with van der Waals surface area (Å²) >= 11 is 5.74. The van der Waals surface area contributed by atoms with Crippen LogP contribution < -0.4 is 16.6 Å². The van der Waals surface area contributed by atoms with Gasteiger partial charge in [-0.1, -0.05) is 11.6 Å². The van der Waals surface area contributed by atoms with Crippen LogP contribution in [-0.4, -0.2) is 20.9 Å². The molecule has 0 spiro atoms. The lowest BCUT2D eigenvalue weighted by atomic mass is 10.2. The van der Waals surface area contributed by atoms with Crippen molar-refractivity contribution in [1.29, 1.82) is 0 Å². The predicted molar refractivity (Wildman–Crippen MR) is 63.6 cm³/mol. The number of anilines is 2. The Morgan fingerprint density at radius 1 is 1.47 bits per heavy atom. The van der Waals surface area contributed by atoms with Gasteiger partial charge in [-0.25, -0.2) is 15.8 Å². The molecule has 0 unspecified atom stereocenters. The summed E-state index contributed by atoms with van der Waals surface area (Å²) < 4.78 is 0. The van der Waals surface area contributed by atoms with Gasteiger partial charge in [0.15, 0.2) is 0 Å². The number of imidazole rings is 1. The number of carbonyl (C=O) groups excluding carboxylic acids is 1. The third kappa shape index (κ3) is 2.71. The minimum absolute atomic E-state index is 0.171. The van der Waals surface area contributed by atoms with E-state index in [0.29, 0.717) is 17.3 Å². The first-order valence-electron chi connectivity index (χ1n) is 4.64. The van der Waals surface area contributed by atoms with E-state index in [1.54, 1.807) is 6.20 Å². The fourth-order valence-electron chi connectivity index (χ4n) is 1.22. The molecule has 2 aromatic rings. The highest BCUT2D eigenvalue weighted by molar-refractivity contribution is 6.30. The third-order valence-corrected chi connectivity index (χ3v) is 2.13. The molecule has 7 nitrogen and oxygen atoms in total. The molecule has 0 radical (unpaired) electrons. The lowest BCUT2D eigenvalue weighted by Crippen LogP contribution is -2.15. The van der Waals surface area contributed by atoms with E-state index in [-0.39, 0.29) is 11.1 Å². The Hall–Kier alpha value is -2.12. The van der Waals surface area contributed by atoms with Crippen LogP contribution in [0.2, 0.25) is 5.15 Å². The Balaban J connectivity index is 2.21. The Morgan fingerprint density at radius 3 is 2.94 bits per heavy atom. The monoisotopic (exact) mass is 252 g/mol. The van der Waals surface area contributed by atoms with E-state index in [0.717, 1.165) is 0 Å². The molecule has 17 heavy (non-hydrogen) atoms. The van der Waals surface area contributed by atoms with Crippen LogP contribution >= 0.6 is 11.6 Å². The highest BCUT2D eigenvalue weighted by Gasteiger charge is 2.10. The van der Waals surface area contributed by atoms with Gasteiger partial charge in [-0.05, 0) is 12.1 Å². The molecule has 8 heteroatoms. The van der Waals surface area contributed by atoms with Crippen LogP contribution in [0.15, 0.2) is 24.5 Å². The van der Waals surface area contributed by atoms with Crippen molar-refractivity contribution in [1.82, 2.24) is 15.0 Å². The van der Waals surface area contributed by atoms with Gasteiger partial charge in [0, 0.05) is 18.0 Å². The maximum absolute atomic E-state index is 11.8. The van der Waals surface area contributed by atoms with Gasteiger partial charge in [-0.15, -0.1) is 0 Å². The van der Waals surface area contributed by atoms with Crippen molar-refractivity contribution in [2.75, 3.05) is 10.7 Å². The SMILES string of the molecule is NNc1cc(C(=O)Nc2ncc[nH]2)cc(Cl)n1. The number of aromatic amines is 1. The maximum atomic E-state index is 11.8. The first-order chi connectivity index (χ1) is 8.19. The van der Waals surface area contributed by atoms with Crippen LogP contribution in [-0.2, 0) is 0 Å². The molecule has 0 aliphatic carbocycles. The Kier molecular flexibility index (Phi) is 3.22. The van der Waals surface area contributed by atoms with Gasteiger partial charge in [-0.2, -0.15) is 0 Å². The number of nitrogen functional groups attached to an aromatic ring is 1. The molecule has 5 N–H and O–H groups in total. The number of nitrogens with zero attached hydrogens (tertiary/aromatic N) is 2. The van der Waals surface area contributed by atoms with E-state index in [4.69, 9.17) is 17.4 Å². The Morgan fingerprint density at radius 2 is 2.29 bits per heavy atom. The Bertz CT molecular complexity index is 526. The van der Waals surface area contributed by atoms with Crippen LogP contribution in [0.25, 0.3) is 0 Å². The van der Waals surface area contributed by atoms with E-state index < -0.39 is 0 Å². The van der Waals surface area contributed by atoms with Crippen molar-refractivity contribution in [3.63, 3.8) is 0 Å². The molecule has 0 atom stereocenters. The fraction of sp³-hybridized carbons (Fsp3) is 0. The van der Waals surface area contributed by atoms with Gasteiger partial charge < -0.3 is 10.4 Å². The normalized spacial score (nSPS) is 10.0. The van der Waals surface area contributed by atoms with Crippen LogP contribution in [0, 0.1) is 0 Å². The molecule has 0 saturated heterocycles. The largest absolute Gasteiger partial charge is 0.331 e. The highest BCUT2D eigenvalue weighted by atomic mass is 35.5. The lowest BCUT2D eigenvalue weighted by molar-refractivity contribution is 0.102. The number of pyridine rings is 1. The molecule has 0 saturated carbocycles. The van der Waals surface area contributed by atoms with Gasteiger partial charge in [0.1, 0.15) is 11.0 Å². The summed E-state index contributed by atoms with van der Waals surface area (Å²) in [4.78, 5) is 22.3. The maximum Gasteiger partial charge on any atom is 0.258 e. The van der Waals surface area contributed by atoms with Crippen molar-refractivity contribution < 1.29 is 4.79 Å². The molecule has 1 amide bonds. The van der Waals surface area contributed by atoms with E-state index in [1.165, 1.54) is 18.3 Å². The van der Waals surface area contributed by atoms with Crippen molar-refractivity contribution in [3.05, 3.63) is 35.2 Å². The number of carbonyl (C=O) groups is 1. The second kappa shape index (κ2) is 4.81. The van der Waals surface area contributed by atoms with Crippen LogP contribution in [0.1, 0.15) is 10.4 Å². The minimum Gasteiger partial charge on any atom is -0.331 e. The van der Waals surface area contributed by atoms with Gasteiger partial charge in [-0.3, -0.25) is 10.1 Å². The number of hydrazine groups is 1. The summed E-state index contributed by atoms with van der Waals surface area (Å²) in [6.07, 6.45) is 3.13. The predicted octanol–water partition coefficient (Wildman–Crippen LogP) is 0.996. The Labute approximate surface area is 101 Å². The highest BCUT2D eigenvalue weighted by Crippen LogP contribution is 2.14. The van der Waals surface area contributed by atoms with E-state index in [9.17, 15) is 4.79 Å². The van der Waals surface area contributed by atoms with Gasteiger partial charge in [0.2, 0.25) is 5.95 Å². The van der Waals surface area contributed by atoms with Gasteiger partial charge in [0.25, 0.3) is 5.91 Å². The number of nitrogens with one attached hydrogen (secondary N) is 3. The second-order valence-electron chi connectivity index (χ2n) is 3.10. The average molecular weight is 253 g/mol. The second-order valence-corrected chi connectivity index (χ2v) is 3.49. The topological polar surface area (TPSA) is 109 Å². The molecule has 2 heterocycles. The minimum atomic E-state index is -0.360. The summed E-state index contributed by atoms with van der Waals surface area (Å²) in [6.45, 7) is 0. The van der Waals surface area contributed by atoms with Crippen molar-refractivity contribution in [3.8, 4) is 0 Å². The van der Waals surface area contributed by atoms with Crippen LogP contribution in [0.3, 0.4) is 0 Å². The summed E-state index contributed by atoms with van der Waals surface area (Å²) in [6, 6.07) is 2.91. The molecule has 2 aromatic heterocycles. The molecule has 0 bridgehead atoms. The van der Waals surface area contributed by atoms with Crippen LogP contribution in [0.5, 0.6) is 0 Å². The van der Waals surface area contributed by atoms with E-state index in [1.807, 2.05) is 0 Å². The number of H-pyrrole nitrogens is 1. The zero-order valence-electron chi connectivity index (χ0n) is 8.57. The molecular weight excluding hydrogens is 244 g/mol. The molecule has 0 fully saturated rings. The molecule has 0 aliphatic rings. The standard InChI is InChI=1S/C9H9ClN6O/c10-6-3-5(4-7(14-6)16-11)8(17)15-9-12-1-2-13-9/h1-4H,11H2,(H,14,16)(H2,12,13,15,17). The molecule has 0 aromatic carbocycles. The summed E-state index contributed by atoms with van der Waals surface area (Å²) in [5.74, 6) is 5.50. The molecule has 2 rings (SSSR count). The van der Waals surface area contributed by atoms with Gasteiger partial charge >= 0.3 is 0 Å². The van der Waals surface area contributed by atoms with E-state index in [2.05, 4.69) is 25.7 Å². The third-order valence-electron chi connectivity index (χ3n) is 1.93. The first kappa shape index (κ1) is 11.4. The average Bonchev–Trinajstić information content (AvgIpc) is 2.81. The summed E-state index contributed by atoms with van der Waals surface area (Å²) in [7, 11) is 0. The number of nitrogens with two attached hydrogens (primary N) is 1. The first-order valence-corrected chi connectivity index (χ1v) is 5.02. The number of aromatic nitrogens is 3. The van der Waals surface area contributed by atoms with Gasteiger partial charge in [0.05, 0.1) is 0 Å². The smallest absolute Gasteiger partial charge is 0.258 e. The zero-order valence-corrected chi connectivity index (χ0v) is 9.32. The van der Waals surface area contributed by atoms with Crippen molar-refractivity contribution in [2.24, 2.45) is 5.84 Å². The quantitative estimate of drug-likeness (QED) is 0.370. The number of rotatable bonds is 3. The molecular formula is C9H9ClN6O. The molecule has 88 valence electrons. The number of hydrogen-bond donors (Lipinski definition) is 4.